The molecule has 0 bridgehead atoms. The summed E-state index contributed by atoms with van der Waals surface area (Å²) >= 11 is 1.31. The molecule has 0 atom stereocenters. The first kappa shape index (κ1) is 12.6. The average molecular weight is 260 g/mol. The number of aromatic nitrogens is 2. The van der Waals surface area contributed by atoms with Gasteiger partial charge in [0, 0.05) is 4.90 Å². The number of rotatable bonds is 3. The maximum Gasteiger partial charge on any atom is 0.336 e. The van der Waals surface area contributed by atoms with Crippen LogP contribution >= 0.6 is 11.8 Å². The molecule has 1 N–H and O–H groups in total. The smallest absolute Gasteiger partial charge is 0.336 e. The van der Waals surface area contributed by atoms with Gasteiger partial charge in [0.25, 0.3) is 0 Å². The third-order valence-corrected chi connectivity index (χ3v) is 3.48. The molecule has 5 heteroatoms. The lowest BCUT2D eigenvalue weighted by Gasteiger charge is -2.06. The van der Waals surface area contributed by atoms with E-state index in [-0.39, 0.29) is 5.56 Å². The summed E-state index contributed by atoms with van der Waals surface area (Å²) in [7, 11) is 0. The van der Waals surface area contributed by atoms with Gasteiger partial charge in [0.2, 0.25) is 0 Å². The second-order valence-electron chi connectivity index (χ2n) is 3.78. The molecule has 0 aliphatic carbocycles. The number of hydrogen-bond acceptors (Lipinski definition) is 4. The molecule has 2 aromatic rings. The van der Waals surface area contributed by atoms with Gasteiger partial charge >= 0.3 is 5.97 Å². The molecule has 0 aliphatic rings. The standard InChI is InChI=1S/C13H12N2O2S/c1-8-9(2)15-12(7-14-8)18-11-6-4-3-5-10(11)13(16)17/h3-7H,1-2H3,(H,16,17). The molecule has 0 spiro atoms. The highest BCUT2D eigenvalue weighted by Crippen LogP contribution is 2.29. The van der Waals surface area contributed by atoms with E-state index in [1.54, 1.807) is 24.4 Å². The van der Waals surface area contributed by atoms with Crippen LogP contribution in [0.5, 0.6) is 0 Å². The first-order chi connectivity index (χ1) is 8.58. The zero-order chi connectivity index (χ0) is 13.1. The molecule has 0 radical (unpaired) electrons. The number of hydrogen-bond donors (Lipinski definition) is 1. The number of carboxylic acid groups (broad SMARTS) is 1. The van der Waals surface area contributed by atoms with Crippen LogP contribution in [-0.4, -0.2) is 21.0 Å². The maximum atomic E-state index is 11.1. The van der Waals surface area contributed by atoms with Crippen molar-refractivity contribution in [3.63, 3.8) is 0 Å². The fraction of sp³-hybridized carbons (Fsp3) is 0.154. The van der Waals surface area contributed by atoms with Crippen molar-refractivity contribution in [2.24, 2.45) is 0 Å². The lowest BCUT2D eigenvalue weighted by Crippen LogP contribution is -1.99. The maximum absolute atomic E-state index is 11.1. The number of aryl methyl sites for hydroxylation is 2. The Morgan fingerprint density at radius 2 is 1.94 bits per heavy atom. The lowest BCUT2D eigenvalue weighted by atomic mass is 10.2. The quantitative estimate of drug-likeness (QED) is 0.919. The van der Waals surface area contributed by atoms with Gasteiger partial charge in [-0.05, 0) is 26.0 Å². The van der Waals surface area contributed by atoms with E-state index in [1.807, 2.05) is 19.9 Å². The summed E-state index contributed by atoms with van der Waals surface area (Å²) in [5, 5.41) is 9.79. The van der Waals surface area contributed by atoms with Crippen LogP contribution in [0.1, 0.15) is 21.7 Å². The van der Waals surface area contributed by atoms with E-state index in [9.17, 15) is 4.79 Å². The Bertz CT molecular complexity index is 599. The van der Waals surface area contributed by atoms with Crippen molar-refractivity contribution in [1.29, 1.82) is 0 Å². The number of aromatic carboxylic acids is 1. The molecule has 4 nitrogen and oxygen atoms in total. The number of benzene rings is 1. The van der Waals surface area contributed by atoms with Gasteiger partial charge < -0.3 is 5.11 Å². The minimum atomic E-state index is -0.935. The third-order valence-electron chi connectivity index (χ3n) is 2.50. The van der Waals surface area contributed by atoms with Crippen LogP contribution in [0.25, 0.3) is 0 Å². The van der Waals surface area contributed by atoms with Crippen molar-refractivity contribution in [3.05, 3.63) is 47.4 Å². The first-order valence-electron chi connectivity index (χ1n) is 5.38. The Kier molecular flexibility index (Phi) is 3.62. The zero-order valence-electron chi connectivity index (χ0n) is 10.0. The van der Waals surface area contributed by atoms with Crippen LogP contribution in [0.15, 0.2) is 40.4 Å². The Morgan fingerprint density at radius 3 is 2.61 bits per heavy atom. The van der Waals surface area contributed by atoms with Gasteiger partial charge in [0.15, 0.2) is 0 Å². The summed E-state index contributed by atoms with van der Waals surface area (Å²) in [4.78, 5) is 20.3. The van der Waals surface area contributed by atoms with Gasteiger partial charge in [-0.2, -0.15) is 0 Å². The van der Waals surface area contributed by atoms with Crippen molar-refractivity contribution in [1.82, 2.24) is 9.97 Å². The fourth-order valence-electron chi connectivity index (χ4n) is 1.41. The minimum Gasteiger partial charge on any atom is -0.478 e. The van der Waals surface area contributed by atoms with Crippen molar-refractivity contribution in [3.8, 4) is 0 Å². The van der Waals surface area contributed by atoms with Gasteiger partial charge in [0.1, 0.15) is 5.03 Å². The monoisotopic (exact) mass is 260 g/mol. The highest BCUT2D eigenvalue weighted by Gasteiger charge is 2.11. The molecule has 0 saturated heterocycles. The van der Waals surface area contributed by atoms with Crippen LogP contribution in [0.4, 0.5) is 0 Å². The largest absolute Gasteiger partial charge is 0.478 e. The van der Waals surface area contributed by atoms with E-state index in [0.29, 0.717) is 9.92 Å². The van der Waals surface area contributed by atoms with Crippen LogP contribution in [-0.2, 0) is 0 Å². The summed E-state index contributed by atoms with van der Waals surface area (Å²) in [6, 6.07) is 6.87. The van der Waals surface area contributed by atoms with Crippen molar-refractivity contribution < 1.29 is 9.90 Å². The molecule has 0 saturated carbocycles. The molecule has 1 aromatic carbocycles. The van der Waals surface area contributed by atoms with E-state index in [1.165, 1.54) is 11.8 Å². The highest BCUT2D eigenvalue weighted by atomic mass is 32.2. The van der Waals surface area contributed by atoms with Crippen LogP contribution in [0.2, 0.25) is 0 Å². The second kappa shape index (κ2) is 5.18. The van der Waals surface area contributed by atoms with Crippen molar-refractivity contribution in [2.75, 3.05) is 0 Å². The number of carbonyl (C=O) groups is 1. The summed E-state index contributed by atoms with van der Waals surface area (Å²) in [5.74, 6) is -0.935. The summed E-state index contributed by atoms with van der Waals surface area (Å²) < 4.78 is 0. The molecular weight excluding hydrogens is 248 g/mol. The van der Waals surface area contributed by atoms with Crippen LogP contribution in [0, 0.1) is 13.8 Å². The van der Waals surface area contributed by atoms with E-state index < -0.39 is 5.97 Å². The SMILES string of the molecule is Cc1ncc(Sc2ccccc2C(=O)O)nc1C. The Balaban J connectivity index is 2.34. The predicted molar refractivity (Wildman–Crippen MR) is 69.0 cm³/mol. The highest BCUT2D eigenvalue weighted by molar-refractivity contribution is 7.99. The van der Waals surface area contributed by atoms with Gasteiger partial charge in [-0.3, -0.25) is 4.98 Å². The van der Waals surface area contributed by atoms with Crippen LogP contribution < -0.4 is 0 Å². The van der Waals surface area contributed by atoms with Gasteiger partial charge in [-0.1, -0.05) is 23.9 Å². The van der Waals surface area contributed by atoms with E-state index in [2.05, 4.69) is 9.97 Å². The zero-order valence-corrected chi connectivity index (χ0v) is 10.9. The summed E-state index contributed by atoms with van der Waals surface area (Å²) in [6.45, 7) is 3.78. The molecule has 0 aliphatic heterocycles. The predicted octanol–water partition coefficient (Wildman–Crippen LogP) is 2.94. The summed E-state index contributed by atoms with van der Waals surface area (Å²) in [6.07, 6.45) is 1.66. The van der Waals surface area contributed by atoms with Crippen LogP contribution in [0.3, 0.4) is 0 Å². The molecule has 92 valence electrons. The molecule has 2 rings (SSSR count). The average Bonchev–Trinajstić information content (AvgIpc) is 2.34. The minimum absolute atomic E-state index is 0.280. The number of nitrogens with zero attached hydrogens (tertiary/aromatic N) is 2. The molecule has 18 heavy (non-hydrogen) atoms. The molecule has 0 fully saturated rings. The third kappa shape index (κ3) is 2.68. The van der Waals surface area contributed by atoms with E-state index in [0.717, 1.165) is 11.4 Å². The summed E-state index contributed by atoms with van der Waals surface area (Å²) in [5.41, 5.74) is 2.02. The van der Waals surface area contributed by atoms with E-state index >= 15 is 0 Å². The van der Waals surface area contributed by atoms with Gasteiger partial charge in [-0.25, -0.2) is 9.78 Å². The molecular formula is C13H12N2O2S. The van der Waals surface area contributed by atoms with Gasteiger partial charge in [-0.15, -0.1) is 0 Å². The Morgan fingerprint density at radius 1 is 1.22 bits per heavy atom. The molecule has 0 unspecified atom stereocenters. The second-order valence-corrected chi connectivity index (χ2v) is 4.84. The topological polar surface area (TPSA) is 63.1 Å². The van der Waals surface area contributed by atoms with Gasteiger partial charge in [0.05, 0.1) is 23.1 Å². The normalized spacial score (nSPS) is 10.3. The Hall–Kier alpha value is -1.88. The van der Waals surface area contributed by atoms with E-state index in [4.69, 9.17) is 5.11 Å². The molecule has 0 amide bonds. The fourth-order valence-corrected chi connectivity index (χ4v) is 2.34. The Labute approximate surface area is 109 Å². The molecule has 1 aromatic heterocycles. The van der Waals surface area contributed by atoms with Crippen molar-refractivity contribution in [2.45, 2.75) is 23.8 Å². The molecule has 1 heterocycles. The number of carboxylic acids is 1. The lowest BCUT2D eigenvalue weighted by molar-refractivity contribution is 0.0693. The first-order valence-corrected chi connectivity index (χ1v) is 6.20. The van der Waals surface area contributed by atoms with Crippen molar-refractivity contribution >= 4 is 17.7 Å².